The van der Waals surface area contributed by atoms with Crippen LogP contribution >= 0.6 is 34.8 Å². The van der Waals surface area contributed by atoms with E-state index in [-0.39, 0.29) is 109 Å². The summed E-state index contributed by atoms with van der Waals surface area (Å²) in [6, 6.07) is 43.8. The Balaban J connectivity index is 0.000000158. The maximum Gasteiger partial charge on any atom is 0.246 e. The van der Waals surface area contributed by atoms with Crippen LogP contribution in [0.25, 0.3) is 33.8 Å². The highest BCUT2D eigenvalue weighted by Crippen LogP contribution is 2.48. The lowest BCUT2D eigenvalue weighted by Gasteiger charge is -2.46. The smallest absolute Gasteiger partial charge is 0.246 e. The van der Waals surface area contributed by atoms with Crippen molar-refractivity contribution in [1.29, 1.82) is 0 Å². The SMILES string of the molecule is C=CC(=O)N1CC(C)N(C2=NCN(c3c(CC)cccc3CC)c3nc(-c4c(N)cccc4F)c(Cl)cc32)CC1C.C=CC(=O)N1CC(C)N(C2=NCN(c3ccccc3C(C)(C)C)c3nc(-c4c(N)cccc4F)c(Cl)cc32)CC1C.C=CC(=O)N1CC(C)N(C2=NCN(c3ccccc3C(C)(C)C)c3nc(-c4ccccc4F)c(Cl)cc32)CC1C. The lowest BCUT2D eigenvalue weighted by Crippen LogP contribution is -2.59. The first-order valence-electron chi connectivity index (χ1n) is 41.4. The van der Waals surface area contributed by atoms with Gasteiger partial charge >= 0.3 is 0 Å². The van der Waals surface area contributed by atoms with Crippen molar-refractivity contribution >= 4 is 116 Å². The van der Waals surface area contributed by atoms with Crippen LogP contribution in [0.15, 0.2) is 199 Å². The number of carbonyl (C=O) groups is 3. The minimum Gasteiger partial charge on any atom is -0.398 e. The molecule has 4 N–H and O–H groups in total. The van der Waals surface area contributed by atoms with Crippen LogP contribution in [0.1, 0.15) is 136 Å². The molecule has 0 bridgehead atoms. The van der Waals surface area contributed by atoms with E-state index in [0.717, 1.165) is 75.2 Å². The molecule has 6 aliphatic rings. The topological polar surface area (TPSA) is 208 Å². The second kappa shape index (κ2) is 36.3. The number of amides is 3. The van der Waals surface area contributed by atoms with Crippen molar-refractivity contribution in [2.24, 2.45) is 15.0 Å². The maximum absolute atomic E-state index is 15.1. The van der Waals surface area contributed by atoms with Gasteiger partial charge in [0, 0.05) is 104 Å². The number of anilines is 8. The summed E-state index contributed by atoms with van der Waals surface area (Å²) in [6.07, 6.45) is 5.75. The number of amidine groups is 3. The van der Waals surface area contributed by atoms with Gasteiger partial charge in [-0.3, -0.25) is 14.4 Å². The number of hydrogen-bond donors (Lipinski definition) is 2. The zero-order chi connectivity index (χ0) is 87.8. The second-order valence-electron chi connectivity index (χ2n) is 33.9. The van der Waals surface area contributed by atoms with Crippen molar-refractivity contribution in [3.8, 4) is 33.8 Å². The van der Waals surface area contributed by atoms with E-state index in [0.29, 0.717) is 98.7 Å². The number of aryl methyl sites for hydroxylation is 2. The number of nitrogens with zero attached hydrogens (tertiary/aromatic N) is 15. The zero-order valence-corrected chi connectivity index (χ0v) is 74.1. The van der Waals surface area contributed by atoms with Gasteiger partial charge in [-0.05, 0) is 172 Å². The summed E-state index contributed by atoms with van der Waals surface area (Å²) in [4.78, 5) is 86.2. The van der Waals surface area contributed by atoms with E-state index in [1.807, 2.05) is 77.9 Å². The highest BCUT2D eigenvalue weighted by molar-refractivity contribution is 6.35. The molecular weight excluding hydrogens is 1600 g/mol. The van der Waals surface area contributed by atoms with Gasteiger partial charge in [-0.15, -0.1) is 0 Å². The minimum absolute atomic E-state index is 0.00475. The van der Waals surface area contributed by atoms with Crippen LogP contribution in [0, 0.1) is 17.5 Å². The predicted molar refractivity (Wildman–Crippen MR) is 491 cm³/mol. The molecule has 3 amide bonds. The van der Waals surface area contributed by atoms with Crippen molar-refractivity contribution in [2.45, 2.75) is 157 Å². The van der Waals surface area contributed by atoms with E-state index >= 15 is 8.78 Å². The Labute approximate surface area is 729 Å². The third-order valence-corrected chi connectivity index (χ3v) is 24.4. The molecule has 26 heteroatoms. The average molecular weight is 1710 g/mol. The van der Waals surface area contributed by atoms with Gasteiger partial charge in [-0.1, -0.05) is 189 Å². The highest BCUT2D eigenvalue weighted by atomic mass is 35.5. The molecule has 636 valence electrons. The summed E-state index contributed by atoms with van der Waals surface area (Å²) >= 11 is 20.5. The Morgan fingerprint density at radius 3 is 1.09 bits per heavy atom. The quantitative estimate of drug-likeness (QED) is 0.0912. The largest absolute Gasteiger partial charge is 0.398 e. The first kappa shape index (κ1) is 88.3. The molecule has 3 saturated heterocycles. The maximum atomic E-state index is 15.1. The molecule has 0 aliphatic carbocycles. The molecule has 6 aliphatic heterocycles. The number of hydrogen-bond acceptors (Lipinski definition) is 17. The zero-order valence-electron chi connectivity index (χ0n) is 71.8. The number of halogens is 6. The fraction of sp³-hybridized carbons (Fsp3) is 0.344. The standard InChI is InChI=1S/2C32H36ClFN6O.C32H35ClFN5O/c1-7-27(41)38-16-20(3)39(17-19(38)2)30-21-15-23(33)29(28-24(34)12-10-13-25(28)35)37-31(21)40(18-36-30)26-14-9-8-11-22(26)32(4,5)6;1-6-21-11-9-12-22(7-2)30(21)40-18-36-31(39-17-19(4)38(16-20(39)5)27(41)8-3)23-15-24(33)29(37-32(23)40)28-25(34)13-10-14-26(28)35;1-7-28(40)37-17-21(3)38(18-20(37)2)30-23-16-25(33)29(22-12-8-10-14-26(22)34)36-31(23)39(19-35-30)27-15-11-9-13-24(27)32(4,5)6/h7-15,19-20H,1,16-18,35H2,2-6H3;8-15,19-20H,3,6-7,16-18,35H2,1-2,4-5H3;7-16,20-21H,1,17-19H2,2-6H3. The van der Waals surface area contributed by atoms with Crippen molar-refractivity contribution in [2.75, 3.05) is 85.4 Å². The number of carbonyl (C=O) groups excluding carboxylic acids is 3. The molecule has 9 heterocycles. The van der Waals surface area contributed by atoms with Crippen molar-refractivity contribution < 1.29 is 27.6 Å². The molecule has 3 aromatic heterocycles. The second-order valence-corrected chi connectivity index (χ2v) is 35.1. The van der Waals surface area contributed by atoms with Crippen LogP contribution in [-0.4, -0.2) is 175 Å². The fourth-order valence-corrected chi connectivity index (χ4v) is 18.0. The molecule has 3 fully saturated rings. The number of nitrogen functional groups attached to an aromatic ring is 2. The van der Waals surface area contributed by atoms with Gasteiger partial charge in [0.05, 0.1) is 65.7 Å². The third-order valence-electron chi connectivity index (χ3n) is 23.5. The number of rotatable bonds is 11. The highest BCUT2D eigenvalue weighted by Gasteiger charge is 2.43. The number of nitrogens with two attached hydrogens (primary N) is 2. The number of aromatic nitrogens is 3. The monoisotopic (exact) mass is 1710 g/mol. The lowest BCUT2D eigenvalue weighted by molar-refractivity contribution is -0.131. The van der Waals surface area contributed by atoms with Gasteiger partial charge in [0.1, 0.15) is 72.4 Å². The Bertz CT molecular complexity index is 5600. The van der Waals surface area contributed by atoms with Crippen LogP contribution in [0.2, 0.25) is 15.1 Å². The van der Waals surface area contributed by atoms with E-state index in [1.54, 1.807) is 42.5 Å². The first-order chi connectivity index (χ1) is 58.1. The predicted octanol–water partition coefficient (Wildman–Crippen LogP) is 19.4. The summed E-state index contributed by atoms with van der Waals surface area (Å²) in [5.41, 5.74) is 24.3. The van der Waals surface area contributed by atoms with Crippen LogP contribution in [-0.2, 0) is 38.1 Å². The van der Waals surface area contributed by atoms with Crippen LogP contribution < -0.4 is 26.2 Å². The summed E-state index contributed by atoms with van der Waals surface area (Å²) in [5.74, 6) is 2.64. The summed E-state index contributed by atoms with van der Waals surface area (Å²) in [6.45, 7) is 45.0. The van der Waals surface area contributed by atoms with E-state index in [1.165, 1.54) is 47.6 Å². The Morgan fingerprint density at radius 2 is 0.738 bits per heavy atom. The summed E-state index contributed by atoms with van der Waals surface area (Å²) in [5, 5.41) is 0.917. The number of pyridine rings is 3. The number of aliphatic imine (C=N–C) groups is 3. The van der Waals surface area contributed by atoms with Gasteiger partial charge in [-0.2, -0.15) is 0 Å². The van der Waals surface area contributed by atoms with Gasteiger partial charge < -0.3 is 55.6 Å². The van der Waals surface area contributed by atoms with E-state index < -0.39 is 11.6 Å². The molecular formula is C96H107Cl3F3N17O3. The molecule has 6 atom stereocenters. The molecule has 0 spiro atoms. The van der Waals surface area contributed by atoms with Crippen molar-refractivity contribution in [3.63, 3.8) is 0 Å². The van der Waals surface area contributed by atoms with Crippen LogP contribution in [0.5, 0.6) is 0 Å². The minimum atomic E-state index is -0.490. The molecule has 15 rings (SSSR count). The summed E-state index contributed by atoms with van der Waals surface area (Å²) < 4.78 is 45.2. The van der Waals surface area contributed by atoms with Gasteiger partial charge in [0.2, 0.25) is 17.7 Å². The van der Waals surface area contributed by atoms with E-state index in [9.17, 15) is 18.8 Å². The van der Waals surface area contributed by atoms with E-state index in [4.69, 9.17) is 76.2 Å². The molecule has 0 radical (unpaired) electrons. The average Bonchev–Trinajstić information content (AvgIpc) is 0.745. The van der Waals surface area contributed by atoms with Crippen molar-refractivity contribution in [1.82, 2.24) is 44.4 Å². The normalized spacial score (nSPS) is 19.0. The van der Waals surface area contributed by atoms with Gasteiger partial charge in [-0.25, -0.2) is 43.1 Å². The Morgan fingerprint density at radius 1 is 0.418 bits per heavy atom. The number of benzene rings is 6. The molecule has 0 saturated carbocycles. The molecule has 122 heavy (non-hydrogen) atoms. The van der Waals surface area contributed by atoms with Crippen LogP contribution in [0.3, 0.4) is 0 Å². The lowest BCUT2D eigenvalue weighted by atomic mass is 9.85. The third kappa shape index (κ3) is 17.4. The van der Waals surface area contributed by atoms with Crippen LogP contribution in [0.4, 0.5) is 59.1 Å². The molecule has 6 aromatic carbocycles. The molecule has 20 nitrogen and oxygen atoms in total. The number of fused-ring (bicyclic) bond motifs is 3. The summed E-state index contributed by atoms with van der Waals surface area (Å²) in [7, 11) is 0. The first-order valence-corrected chi connectivity index (χ1v) is 42.6. The van der Waals surface area contributed by atoms with Gasteiger partial charge in [0.15, 0.2) is 0 Å². The molecule has 9 aromatic rings. The Hall–Kier alpha value is -11.5. The van der Waals surface area contributed by atoms with Crippen molar-refractivity contribution in [3.05, 3.63) is 255 Å². The molecule has 6 unspecified atom stereocenters. The fourth-order valence-electron chi connectivity index (χ4n) is 17.3. The number of para-hydroxylation sites is 3. The number of piperazine rings is 3. The Kier molecular flexibility index (Phi) is 26.2. The van der Waals surface area contributed by atoms with Gasteiger partial charge in [0.25, 0.3) is 0 Å². The van der Waals surface area contributed by atoms with E-state index in [2.05, 4.69) is 168 Å².